The number of unbranched alkanes of at least 4 members (excludes halogenated alkanes) is 8. The molecule has 0 aliphatic heterocycles. The van der Waals surface area contributed by atoms with E-state index >= 15 is 0 Å². The van der Waals surface area contributed by atoms with Gasteiger partial charge in [0.2, 0.25) is 0 Å². The van der Waals surface area contributed by atoms with Crippen LogP contribution in [0.15, 0.2) is 42.6 Å². The van der Waals surface area contributed by atoms with E-state index in [0.717, 1.165) is 25.7 Å². The quantitative estimate of drug-likeness (QED) is 0.0883. The molecule has 1 aromatic carbocycles. The summed E-state index contributed by atoms with van der Waals surface area (Å²) in [7, 11) is 3.13. The van der Waals surface area contributed by atoms with Crippen LogP contribution in [0.2, 0.25) is 0 Å². The van der Waals surface area contributed by atoms with Crippen molar-refractivity contribution in [3.8, 4) is 17.2 Å². The van der Waals surface area contributed by atoms with Crippen LogP contribution in [0.5, 0.6) is 17.2 Å². The number of methoxy groups -OCH3 is 2. The molecule has 0 spiro atoms. The van der Waals surface area contributed by atoms with Crippen LogP contribution >= 0.6 is 0 Å². The molecule has 0 aliphatic rings. The van der Waals surface area contributed by atoms with Gasteiger partial charge in [-0.2, -0.15) is 0 Å². The molecule has 0 saturated carbocycles. The van der Waals surface area contributed by atoms with Crippen molar-refractivity contribution < 1.29 is 28.5 Å². The summed E-state index contributed by atoms with van der Waals surface area (Å²) in [6.07, 6.45) is 15.4. The molecule has 1 heterocycles. The molecule has 0 N–H and O–H groups in total. The Labute approximate surface area is 221 Å². The Kier molecular flexibility index (Phi) is 14.5. The third-order valence-electron chi connectivity index (χ3n) is 5.94. The summed E-state index contributed by atoms with van der Waals surface area (Å²) in [5.41, 5.74) is 1.11. The van der Waals surface area contributed by atoms with Crippen molar-refractivity contribution in [2.45, 2.75) is 71.1 Å². The summed E-state index contributed by atoms with van der Waals surface area (Å²) in [5, 5.41) is 0. The molecule has 0 fully saturated rings. The summed E-state index contributed by atoms with van der Waals surface area (Å²) in [5.74, 6) is 1.48. The van der Waals surface area contributed by atoms with E-state index in [1.165, 1.54) is 38.2 Å². The number of aromatic nitrogens is 1. The maximum atomic E-state index is 12.6. The summed E-state index contributed by atoms with van der Waals surface area (Å²) >= 11 is 0. The van der Waals surface area contributed by atoms with E-state index in [1.807, 2.05) is 13.0 Å². The topological polar surface area (TPSA) is 84.0 Å². The number of pyridine rings is 1. The third-order valence-corrected chi connectivity index (χ3v) is 5.94. The van der Waals surface area contributed by atoms with E-state index in [0.29, 0.717) is 48.1 Å². The zero-order valence-corrected chi connectivity index (χ0v) is 22.5. The third kappa shape index (κ3) is 11.5. The van der Waals surface area contributed by atoms with E-state index in [-0.39, 0.29) is 11.8 Å². The van der Waals surface area contributed by atoms with Gasteiger partial charge in [-0.1, -0.05) is 57.1 Å². The van der Waals surface area contributed by atoms with Crippen molar-refractivity contribution in [3.63, 3.8) is 0 Å². The van der Waals surface area contributed by atoms with Crippen molar-refractivity contribution in [2.75, 3.05) is 27.4 Å². The standard InChI is InChI=1S/C30H41NO6/c1-4-36-30(33)18-12-10-8-6-5-7-9-11-15-21-37-28-22-24(31-23-29(28)35-3)19-20-26(32)25-16-13-14-17-27(25)34-2/h13-14,16-17,19-20,22-23H,4-12,15,18,21H2,1-3H3/b20-19+. The van der Waals surface area contributed by atoms with Crippen LogP contribution < -0.4 is 14.2 Å². The number of benzene rings is 1. The van der Waals surface area contributed by atoms with Crippen LogP contribution in [0.1, 0.15) is 87.2 Å². The number of rotatable bonds is 19. The van der Waals surface area contributed by atoms with Crippen LogP contribution in [-0.4, -0.2) is 44.2 Å². The van der Waals surface area contributed by atoms with Gasteiger partial charge < -0.3 is 18.9 Å². The fourth-order valence-corrected chi connectivity index (χ4v) is 3.92. The number of hydrogen-bond acceptors (Lipinski definition) is 7. The summed E-state index contributed by atoms with van der Waals surface area (Å²) in [6.45, 7) is 2.90. The molecule has 202 valence electrons. The highest BCUT2D eigenvalue weighted by Gasteiger charge is 2.10. The lowest BCUT2D eigenvalue weighted by Gasteiger charge is -2.11. The molecule has 2 rings (SSSR count). The Morgan fingerprint density at radius 2 is 1.49 bits per heavy atom. The molecule has 0 radical (unpaired) electrons. The largest absolute Gasteiger partial charge is 0.496 e. The van der Waals surface area contributed by atoms with Crippen molar-refractivity contribution in [3.05, 3.63) is 53.9 Å². The molecule has 37 heavy (non-hydrogen) atoms. The number of allylic oxidation sites excluding steroid dienone is 1. The number of carbonyl (C=O) groups is 2. The maximum absolute atomic E-state index is 12.6. The van der Waals surface area contributed by atoms with Crippen molar-refractivity contribution in [1.29, 1.82) is 0 Å². The Balaban J connectivity index is 1.67. The van der Waals surface area contributed by atoms with Crippen LogP contribution in [0.3, 0.4) is 0 Å². The molecule has 0 atom stereocenters. The molecule has 0 aliphatic carbocycles. The minimum atomic E-state index is -0.158. The molecular weight excluding hydrogens is 470 g/mol. The number of hydrogen-bond donors (Lipinski definition) is 0. The fourth-order valence-electron chi connectivity index (χ4n) is 3.92. The molecule has 2 aromatic rings. The van der Waals surface area contributed by atoms with E-state index in [2.05, 4.69) is 4.98 Å². The lowest BCUT2D eigenvalue weighted by Crippen LogP contribution is -2.03. The zero-order chi connectivity index (χ0) is 26.7. The van der Waals surface area contributed by atoms with Crippen LogP contribution in [-0.2, 0) is 9.53 Å². The second-order valence-electron chi connectivity index (χ2n) is 8.74. The SMILES string of the molecule is CCOC(=O)CCCCCCCCCCCOc1cc(/C=C/C(=O)c2ccccc2OC)ncc1OC. The van der Waals surface area contributed by atoms with Gasteiger partial charge in [0.05, 0.1) is 44.9 Å². The van der Waals surface area contributed by atoms with Gasteiger partial charge in [-0.25, -0.2) is 0 Å². The van der Waals surface area contributed by atoms with Crippen molar-refractivity contribution in [1.82, 2.24) is 4.98 Å². The van der Waals surface area contributed by atoms with Gasteiger partial charge in [0.1, 0.15) is 5.75 Å². The number of carbonyl (C=O) groups excluding carboxylic acids is 2. The minimum absolute atomic E-state index is 0.0824. The van der Waals surface area contributed by atoms with Gasteiger partial charge in [0.25, 0.3) is 0 Å². The maximum Gasteiger partial charge on any atom is 0.305 e. The van der Waals surface area contributed by atoms with Gasteiger partial charge in [-0.15, -0.1) is 0 Å². The molecule has 1 aromatic heterocycles. The number of para-hydroxylation sites is 1. The molecule has 0 unspecified atom stereocenters. The molecule has 7 heteroatoms. The molecule has 0 amide bonds. The Hall–Kier alpha value is -3.35. The van der Waals surface area contributed by atoms with Gasteiger partial charge in [-0.05, 0) is 44.1 Å². The molecule has 0 saturated heterocycles. The molecular formula is C30H41NO6. The summed E-state index contributed by atoms with van der Waals surface area (Å²) in [6, 6.07) is 8.91. The van der Waals surface area contributed by atoms with Crippen molar-refractivity contribution >= 4 is 17.8 Å². The second-order valence-corrected chi connectivity index (χ2v) is 8.74. The Morgan fingerprint density at radius 1 is 0.838 bits per heavy atom. The molecule has 0 bridgehead atoms. The second kappa shape index (κ2) is 18.0. The lowest BCUT2D eigenvalue weighted by molar-refractivity contribution is -0.143. The average Bonchev–Trinajstić information content (AvgIpc) is 2.92. The van der Waals surface area contributed by atoms with E-state index in [9.17, 15) is 9.59 Å². The summed E-state index contributed by atoms with van der Waals surface area (Å²) < 4.78 is 21.6. The molecule has 7 nitrogen and oxygen atoms in total. The van der Waals surface area contributed by atoms with Crippen LogP contribution in [0.4, 0.5) is 0 Å². The Bertz CT molecular complexity index is 988. The van der Waals surface area contributed by atoms with E-state index in [4.69, 9.17) is 18.9 Å². The first-order chi connectivity index (χ1) is 18.1. The number of ketones is 1. The average molecular weight is 512 g/mol. The predicted molar refractivity (Wildman–Crippen MR) is 145 cm³/mol. The first kappa shape index (κ1) is 29.9. The lowest BCUT2D eigenvalue weighted by atomic mass is 10.1. The summed E-state index contributed by atoms with van der Waals surface area (Å²) in [4.78, 5) is 28.2. The Morgan fingerprint density at radius 3 is 2.16 bits per heavy atom. The van der Waals surface area contributed by atoms with Gasteiger partial charge >= 0.3 is 5.97 Å². The van der Waals surface area contributed by atoms with E-state index in [1.54, 1.807) is 50.8 Å². The normalized spacial score (nSPS) is 10.9. The van der Waals surface area contributed by atoms with Crippen molar-refractivity contribution in [2.24, 2.45) is 0 Å². The first-order valence-electron chi connectivity index (χ1n) is 13.3. The predicted octanol–water partition coefficient (Wildman–Crippen LogP) is 6.84. The minimum Gasteiger partial charge on any atom is -0.496 e. The highest BCUT2D eigenvalue weighted by molar-refractivity contribution is 6.08. The number of ether oxygens (including phenoxy) is 4. The monoisotopic (exact) mass is 511 g/mol. The van der Waals surface area contributed by atoms with Crippen LogP contribution in [0, 0.1) is 0 Å². The van der Waals surface area contributed by atoms with Gasteiger partial charge in [0.15, 0.2) is 17.3 Å². The number of nitrogens with zero attached hydrogens (tertiary/aromatic N) is 1. The highest BCUT2D eigenvalue weighted by Crippen LogP contribution is 2.27. The number of esters is 1. The zero-order valence-electron chi connectivity index (χ0n) is 22.5. The van der Waals surface area contributed by atoms with Gasteiger partial charge in [0, 0.05) is 12.5 Å². The first-order valence-corrected chi connectivity index (χ1v) is 13.3. The smallest absolute Gasteiger partial charge is 0.305 e. The van der Waals surface area contributed by atoms with E-state index < -0.39 is 0 Å². The van der Waals surface area contributed by atoms with Gasteiger partial charge in [-0.3, -0.25) is 14.6 Å². The van der Waals surface area contributed by atoms with Crippen LogP contribution in [0.25, 0.3) is 6.08 Å². The highest BCUT2D eigenvalue weighted by atomic mass is 16.5. The fraction of sp³-hybridized carbons (Fsp3) is 0.500.